The summed E-state index contributed by atoms with van der Waals surface area (Å²) in [6.07, 6.45) is 11.9. The fourth-order valence-electron chi connectivity index (χ4n) is 5.16. The van der Waals surface area contributed by atoms with Gasteiger partial charge in [-0.3, -0.25) is 9.20 Å². The van der Waals surface area contributed by atoms with Gasteiger partial charge in [-0.1, -0.05) is 0 Å². The first-order valence-electron chi connectivity index (χ1n) is 11.6. The van der Waals surface area contributed by atoms with E-state index in [1.165, 1.54) is 49.7 Å². The van der Waals surface area contributed by atoms with Gasteiger partial charge < -0.3 is 15.4 Å². The van der Waals surface area contributed by atoms with Crippen LogP contribution in [0.15, 0.2) is 30.7 Å². The normalized spacial score (nSPS) is 17.4. The standard InChI is InChI=1S/C24H26FN7O2/c1-26-21(33)17-11-27-18-4-3-14(12-31(17)18)19-16(25)13-32-20(19)22(34-2)29-23(30-32)28-15-5-7-24(8-6-15)9-10-24/h3-4,11-13,15H,5-10H2,1-2H3,(H,26,33)(H,28,30). The number of nitrogens with zero attached hydrogens (tertiary/aromatic N) is 5. The highest BCUT2D eigenvalue weighted by Crippen LogP contribution is 2.56. The van der Waals surface area contributed by atoms with Crippen LogP contribution in [0.3, 0.4) is 0 Å². The van der Waals surface area contributed by atoms with Gasteiger partial charge in [-0.2, -0.15) is 4.98 Å². The fourth-order valence-corrected chi connectivity index (χ4v) is 5.16. The molecule has 10 heteroatoms. The number of hydrogen-bond donors (Lipinski definition) is 2. The van der Waals surface area contributed by atoms with Gasteiger partial charge in [-0.25, -0.2) is 13.9 Å². The molecule has 0 bridgehead atoms. The third-order valence-electron chi connectivity index (χ3n) is 7.34. The van der Waals surface area contributed by atoms with E-state index in [0.29, 0.717) is 45.4 Å². The molecule has 34 heavy (non-hydrogen) atoms. The van der Waals surface area contributed by atoms with Gasteiger partial charge in [0.05, 0.1) is 25.1 Å². The summed E-state index contributed by atoms with van der Waals surface area (Å²) in [6, 6.07) is 3.81. The van der Waals surface area contributed by atoms with E-state index in [4.69, 9.17) is 4.74 Å². The molecule has 2 N–H and O–H groups in total. The lowest BCUT2D eigenvalue weighted by Crippen LogP contribution is -2.28. The van der Waals surface area contributed by atoms with Crippen LogP contribution in [0.1, 0.15) is 49.0 Å². The third kappa shape index (κ3) is 3.36. The van der Waals surface area contributed by atoms with Crippen LogP contribution in [-0.4, -0.2) is 50.1 Å². The maximum Gasteiger partial charge on any atom is 0.269 e. The van der Waals surface area contributed by atoms with Crippen LogP contribution in [-0.2, 0) is 0 Å². The van der Waals surface area contributed by atoms with Crippen molar-refractivity contribution in [1.82, 2.24) is 29.3 Å². The molecule has 1 spiro atoms. The predicted molar refractivity (Wildman–Crippen MR) is 125 cm³/mol. The van der Waals surface area contributed by atoms with Crippen LogP contribution >= 0.6 is 0 Å². The molecule has 2 saturated carbocycles. The molecule has 2 aliphatic rings. The molecule has 4 aromatic rings. The van der Waals surface area contributed by atoms with Crippen LogP contribution < -0.4 is 15.4 Å². The molecular weight excluding hydrogens is 437 g/mol. The average molecular weight is 464 g/mol. The van der Waals surface area contributed by atoms with Gasteiger partial charge in [-0.05, 0) is 56.1 Å². The monoisotopic (exact) mass is 463 g/mol. The molecule has 2 aliphatic carbocycles. The van der Waals surface area contributed by atoms with Gasteiger partial charge in [-0.15, -0.1) is 5.10 Å². The number of imidazole rings is 1. The van der Waals surface area contributed by atoms with E-state index in [1.54, 1.807) is 29.8 Å². The molecule has 4 aromatic heterocycles. The summed E-state index contributed by atoms with van der Waals surface area (Å²) in [6.45, 7) is 0. The van der Waals surface area contributed by atoms with Gasteiger partial charge in [0.2, 0.25) is 11.8 Å². The maximum atomic E-state index is 15.3. The van der Waals surface area contributed by atoms with Crippen molar-refractivity contribution in [3.63, 3.8) is 0 Å². The third-order valence-corrected chi connectivity index (χ3v) is 7.34. The highest BCUT2D eigenvalue weighted by atomic mass is 19.1. The van der Waals surface area contributed by atoms with Gasteiger partial charge in [0.1, 0.15) is 16.9 Å². The smallest absolute Gasteiger partial charge is 0.269 e. The zero-order chi connectivity index (χ0) is 23.4. The Bertz CT molecular complexity index is 1410. The molecule has 0 unspecified atom stereocenters. The predicted octanol–water partition coefficient (Wildman–Crippen LogP) is 3.69. The first-order valence-corrected chi connectivity index (χ1v) is 11.6. The number of methoxy groups -OCH3 is 1. The Morgan fingerprint density at radius 1 is 1.21 bits per heavy atom. The second kappa shape index (κ2) is 7.68. The number of aromatic nitrogens is 5. The number of nitrogens with one attached hydrogen (secondary N) is 2. The van der Waals surface area contributed by atoms with Gasteiger partial charge >= 0.3 is 0 Å². The summed E-state index contributed by atoms with van der Waals surface area (Å²) >= 11 is 0. The number of rotatable bonds is 5. The lowest BCUT2D eigenvalue weighted by atomic mass is 9.83. The number of pyridine rings is 1. The van der Waals surface area contributed by atoms with Crippen molar-refractivity contribution in [2.45, 2.75) is 44.6 Å². The van der Waals surface area contributed by atoms with E-state index in [0.717, 1.165) is 12.8 Å². The fraction of sp³-hybridized carbons (Fsp3) is 0.417. The summed E-state index contributed by atoms with van der Waals surface area (Å²) in [4.78, 5) is 21.0. The van der Waals surface area contributed by atoms with Crippen molar-refractivity contribution in [3.8, 4) is 17.0 Å². The Kier molecular flexibility index (Phi) is 4.72. The summed E-state index contributed by atoms with van der Waals surface area (Å²) in [7, 11) is 3.07. The number of carbonyl (C=O) groups is 1. The number of hydrogen-bond acceptors (Lipinski definition) is 6. The van der Waals surface area contributed by atoms with Crippen molar-refractivity contribution in [2.24, 2.45) is 5.41 Å². The zero-order valence-corrected chi connectivity index (χ0v) is 19.1. The Morgan fingerprint density at radius 3 is 2.71 bits per heavy atom. The van der Waals surface area contributed by atoms with Crippen molar-refractivity contribution in [1.29, 1.82) is 0 Å². The number of ether oxygens (including phenoxy) is 1. The summed E-state index contributed by atoms with van der Waals surface area (Å²) in [5.74, 6) is -0.0319. The lowest BCUT2D eigenvalue weighted by molar-refractivity contribution is 0.0957. The molecule has 0 atom stereocenters. The van der Waals surface area contributed by atoms with E-state index < -0.39 is 5.82 Å². The Morgan fingerprint density at radius 2 is 2.00 bits per heavy atom. The number of carbonyl (C=O) groups excluding carboxylic acids is 1. The van der Waals surface area contributed by atoms with Crippen molar-refractivity contribution in [3.05, 3.63) is 42.2 Å². The van der Waals surface area contributed by atoms with E-state index in [1.807, 2.05) is 0 Å². The summed E-state index contributed by atoms with van der Waals surface area (Å²) in [5.41, 5.74) is 2.83. The summed E-state index contributed by atoms with van der Waals surface area (Å²) in [5, 5.41) is 10.6. The highest BCUT2D eigenvalue weighted by molar-refractivity contribution is 5.93. The van der Waals surface area contributed by atoms with Gasteiger partial charge in [0.25, 0.3) is 5.91 Å². The second-order valence-electron chi connectivity index (χ2n) is 9.38. The minimum absolute atomic E-state index is 0.279. The van der Waals surface area contributed by atoms with Crippen molar-refractivity contribution < 1.29 is 13.9 Å². The molecule has 0 radical (unpaired) electrons. The maximum absolute atomic E-state index is 15.3. The average Bonchev–Trinajstić information content (AvgIpc) is 3.32. The van der Waals surface area contributed by atoms with Crippen molar-refractivity contribution in [2.75, 3.05) is 19.5 Å². The Labute approximate surface area is 195 Å². The van der Waals surface area contributed by atoms with Crippen LogP contribution in [0, 0.1) is 11.2 Å². The number of amides is 1. The molecule has 176 valence electrons. The first kappa shape index (κ1) is 20.9. The SMILES string of the molecule is CNC(=O)c1cnc2ccc(-c3c(F)cn4nc(NC5CCC6(CC5)CC6)nc(OC)c34)cn12. The molecule has 0 aromatic carbocycles. The minimum atomic E-state index is -0.459. The largest absolute Gasteiger partial charge is 0.479 e. The highest BCUT2D eigenvalue weighted by Gasteiger charge is 2.44. The van der Waals surface area contributed by atoms with E-state index >= 15 is 4.39 Å². The zero-order valence-electron chi connectivity index (χ0n) is 19.1. The molecular formula is C24H26FN7O2. The molecule has 0 aliphatic heterocycles. The van der Waals surface area contributed by atoms with Crippen LogP contribution in [0.4, 0.5) is 10.3 Å². The molecule has 9 nitrogen and oxygen atoms in total. The van der Waals surface area contributed by atoms with Crippen LogP contribution in [0.2, 0.25) is 0 Å². The molecule has 2 fully saturated rings. The number of fused-ring (bicyclic) bond motifs is 2. The van der Waals surface area contributed by atoms with Gasteiger partial charge in [0.15, 0.2) is 5.82 Å². The minimum Gasteiger partial charge on any atom is -0.479 e. The topological polar surface area (TPSA) is 97.9 Å². The van der Waals surface area contributed by atoms with Gasteiger partial charge in [0, 0.05) is 24.8 Å². The number of halogens is 1. The lowest BCUT2D eigenvalue weighted by Gasteiger charge is -2.29. The molecule has 1 amide bonds. The molecule has 6 rings (SSSR count). The van der Waals surface area contributed by atoms with E-state index in [9.17, 15) is 4.79 Å². The number of anilines is 1. The first-order chi connectivity index (χ1) is 16.5. The molecule has 0 saturated heterocycles. The van der Waals surface area contributed by atoms with E-state index in [-0.39, 0.29) is 11.8 Å². The van der Waals surface area contributed by atoms with Crippen LogP contribution in [0.25, 0.3) is 22.3 Å². The van der Waals surface area contributed by atoms with E-state index in [2.05, 4.69) is 25.7 Å². The second-order valence-corrected chi connectivity index (χ2v) is 9.38. The van der Waals surface area contributed by atoms with Crippen LogP contribution in [0.5, 0.6) is 5.88 Å². The molecule has 4 heterocycles. The Balaban J connectivity index is 1.39. The Hall–Kier alpha value is -3.69. The summed E-state index contributed by atoms with van der Waals surface area (Å²) < 4.78 is 23.9. The quantitative estimate of drug-likeness (QED) is 0.469. The van der Waals surface area contributed by atoms with Crippen molar-refractivity contribution >= 4 is 23.0 Å².